The van der Waals surface area contributed by atoms with E-state index >= 15 is 0 Å². The third-order valence-electron chi connectivity index (χ3n) is 0. The van der Waals surface area contributed by atoms with E-state index in [1.165, 1.54) is 0 Å². The summed E-state index contributed by atoms with van der Waals surface area (Å²) in [6.45, 7) is 0. The van der Waals surface area contributed by atoms with Crippen molar-refractivity contribution in [2.24, 2.45) is 0 Å². The fraction of sp³-hybridized carbons (Fsp3) is 0. The Bertz CT molecular complexity index is 6.00. The minimum atomic E-state index is 0. The predicted molar refractivity (Wildman–Crippen MR) is 22.2 cm³/mol. The molecule has 0 aromatic rings. The first-order valence-electron chi connectivity index (χ1n) is 0. The Kier molecular flexibility index (Phi) is 176. The first-order chi connectivity index (χ1) is 0. The van der Waals surface area contributed by atoms with E-state index in [0.29, 0.717) is 0 Å². The van der Waals surface area contributed by atoms with Crippen molar-refractivity contribution in [3.63, 3.8) is 0 Å². The molecule has 0 amide bonds. The van der Waals surface area contributed by atoms with E-state index in [0.717, 1.165) is 0 Å². The molecule has 1 radical (unpaired) electrons. The van der Waals surface area contributed by atoms with Crippen LogP contribution in [0.1, 0.15) is 0 Å². The third kappa shape index (κ3) is 8.94. The van der Waals surface area contributed by atoms with Crippen LogP contribution < -0.4 is 0 Å². The van der Waals surface area contributed by atoms with Crippen LogP contribution in [-0.2, 0) is 38.9 Å². The van der Waals surface area contributed by atoms with Crippen molar-refractivity contribution in [2.75, 3.05) is 0 Å². The van der Waals surface area contributed by atoms with Crippen molar-refractivity contribution in [1.29, 1.82) is 0 Å². The molecule has 0 heterocycles. The molecule has 4 heavy (non-hydrogen) atoms. The maximum atomic E-state index is 0. The fourth-order valence-corrected chi connectivity index (χ4v) is 0. The summed E-state index contributed by atoms with van der Waals surface area (Å²) in [4.78, 5) is 0. The summed E-state index contributed by atoms with van der Waals surface area (Å²) >= 11 is 0. The van der Waals surface area contributed by atoms with E-state index in [1.54, 1.807) is 0 Å². The fourth-order valence-electron chi connectivity index (χ4n) is 0. The first-order valence-corrected chi connectivity index (χ1v) is 0. The summed E-state index contributed by atoms with van der Waals surface area (Å²) in [5, 5.41) is 0. The largest absolute Gasteiger partial charge is 0.153 e. The topological polar surface area (TPSA) is 0 Å². The predicted octanol–water partition coefficient (Wildman–Crippen LogP) is 0.111. The molecule has 37 valence electrons. The summed E-state index contributed by atoms with van der Waals surface area (Å²) in [5.41, 5.74) is 0. The molecule has 0 N–H and O–H groups in total. The second kappa shape index (κ2) is 19.5. The first kappa shape index (κ1) is 36.1. The molecule has 0 rings (SSSR count). The number of hydrogen-bond acceptors (Lipinski definition) is 0. The monoisotopic (exact) mass is 323 g/mol. The van der Waals surface area contributed by atoms with Gasteiger partial charge in [0.25, 0.3) is 0 Å². The van der Waals surface area contributed by atoms with Crippen molar-refractivity contribution < 1.29 is 38.9 Å². The van der Waals surface area contributed by atoms with E-state index in [9.17, 15) is 0 Å². The summed E-state index contributed by atoms with van der Waals surface area (Å²) in [6.07, 6.45) is 0. The van der Waals surface area contributed by atoms with Crippen LogP contribution in [0, 0.1) is 0 Å². The van der Waals surface area contributed by atoms with Gasteiger partial charge in [-0.15, -0.1) is 0 Å². The van der Waals surface area contributed by atoms with Gasteiger partial charge >= 0.3 is 0 Å². The van der Waals surface area contributed by atoms with Gasteiger partial charge in [-0.25, -0.2) is 0 Å². The zero-order valence-electron chi connectivity index (χ0n) is 2.03. The van der Waals surface area contributed by atoms with Gasteiger partial charge in [-0.05, 0) is 0 Å². The molecule has 0 nitrogen and oxygen atoms in total. The van der Waals surface area contributed by atoms with Crippen LogP contribution >= 0.6 is 19.8 Å². The van der Waals surface area contributed by atoms with Crippen LogP contribution in [0.25, 0.3) is 0 Å². The molecule has 0 aliphatic rings. The van der Waals surface area contributed by atoms with Gasteiger partial charge in [-0.3, -0.25) is 0 Å². The van der Waals surface area contributed by atoms with Crippen LogP contribution in [0.3, 0.4) is 0 Å². The minimum absolute atomic E-state index is 0. The van der Waals surface area contributed by atoms with E-state index < -0.39 is 0 Å². The normalized spacial score (nSPS) is 0. The maximum absolute atomic E-state index is 0. The van der Waals surface area contributed by atoms with Crippen molar-refractivity contribution in [3.05, 3.63) is 0 Å². The van der Waals surface area contributed by atoms with Gasteiger partial charge in [0.2, 0.25) is 0 Å². The Morgan fingerprint density at radius 2 is 0.750 bits per heavy atom. The molecule has 2 unspecified atom stereocenters. The van der Waals surface area contributed by atoms with E-state index in [4.69, 9.17) is 0 Å². The van der Waals surface area contributed by atoms with Gasteiger partial charge in [0.1, 0.15) is 0 Å². The summed E-state index contributed by atoms with van der Waals surface area (Å²) in [6, 6.07) is 0. The number of rotatable bonds is 0. The molecule has 0 bridgehead atoms. The van der Waals surface area contributed by atoms with E-state index in [1.807, 2.05) is 0 Å². The molecule has 0 saturated heterocycles. The van der Waals surface area contributed by atoms with Crippen molar-refractivity contribution in [1.82, 2.24) is 0 Å². The van der Waals surface area contributed by atoms with Gasteiger partial charge in [0, 0.05) is 38.9 Å². The number of hydrogen-bond donors (Lipinski definition) is 0. The quantitative estimate of drug-likeness (QED) is 0.438. The molecule has 2 atom stereocenters. The molecule has 0 spiro atoms. The third-order valence-corrected chi connectivity index (χ3v) is 0. The second-order valence-corrected chi connectivity index (χ2v) is 0. The van der Waals surface area contributed by atoms with Gasteiger partial charge in [0.15, 0.2) is 0 Å². The smallest absolute Gasteiger partial charge is 0 e. The average Bonchev–Trinajstić information content (AvgIpc) is 0. The van der Waals surface area contributed by atoms with Gasteiger partial charge in [-0.2, -0.15) is 19.8 Å². The molecule has 0 saturated carbocycles. The van der Waals surface area contributed by atoms with Crippen molar-refractivity contribution in [3.8, 4) is 0 Å². The minimum Gasteiger partial charge on any atom is -0.153 e. The maximum Gasteiger partial charge on any atom is 0 e. The van der Waals surface area contributed by atoms with Crippen molar-refractivity contribution >= 4 is 19.8 Å². The van der Waals surface area contributed by atoms with Crippen LogP contribution in [-0.4, -0.2) is 0 Å². The standard InChI is InChI=1S/Au.Ni.2H3P/h;;2*1H3. The zero-order chi connectivity index (χ0) is 0. The Hall–Kier alpha value is 2.09. The molecule has 4 heteroatoms. The summed E-state index contributed by atoms with van der Waals surface area (Å²) < 4.78 is 0. The Balaban J connectivity index is 0. The van der Waals surface area contributed by atoms with Crippen LogP contribution in [0.5, 0.6) is 0 Å². The molecule has 0 aromatic carbocycles. The molecule has 0 aliphatic carbocycles. The SMILES string of the molecule is P.P.[Au].[Ni]. The second-order valence-electron chi connectivity index (χ2n) is 0. The Morgan fingerprint density at radius 3 is 0.750 bits per heavy atom. The zero-order valence-corrected chi connectivity index (χ0v) is 8.01. The molecular formula is H6AuNiP2. The molecule has 0 aliphatic heterocycles. The van der Waals surface area contributed by atoms with Gasteiger partial charge < -0.3 is 0 Å². The van der Waals surface area contributed by atoms with Crippen LogP contribution in [0.2, 0.25) is 0 Å². The Labute approximate surface area is 58.6 Å². The van der Waals surface area contributed by atoms with Crippen LogP contribution in [0.4, 0.5) is 0 Å². The summed E-state index contributed by atoms with van der Waals surface area (Å²) in [5.74, 6) is 0. The average molecular weight is 324 g/mol. The van der Waals surface area contributed by atoms with Crippen LogP contribution in [0.15, 0.2) is 0 Å². The van der Waals surface area contributed by atoms with E-state index in [2.05, 4.69) is 0 Å². The van der Waals surface area contributed by atoms with Gasteiger partial charge in [0.05, 0.1) is 0 Å². The van der Waals surface area contributed by atoms with Gasteiger partial charge in [-0.1, -0.05) is 0 Å². The summed E-state index contributed by atoms with van der Waals surface area (Å²) in [7, 11) is 0. The Morgan fingerprint density at radius 1 is 0.750 bits per heavy atom. The molecule has 0 fully saturated rings. The molecular weight excluding hydrogens is 318 g/mol. The van der Waals surface area contributed by atoms with Crippen molar-refractivity contribution in [2.45, 2.75) is 0 Å². The van der Waals surface area contributed by atoms with E-state index in [-0.39, 0.29) is 58.7 Å². The molecule has 0 aromatic heterocycles.